The highest BCUT2D eigenvalue weighted by Gasteiger charge is 2.13. The molecule has 0 radical (unpaired) electrons. The number of hydrogen-bond donors (Lipinski definition) is 1. The summed E-state index contributed by atoms with van der Waals surface area (Å²) in [6.45, 7) is 5.68. The van der Waals surface area contributed by atoms with E-state index in [1.54, 1.807) is 12.1 Å². The van der Waals surface area contributed by atoms with Gasteiger partial charge < -0.3 is 15.2 Å². The summed E-state index contributed by atoms with van der Waals surface area (Å²) in [4.78, 5) is 8.02. The molecule has 1 aromatic carbocycles. The van der Waals surface area contributed by atoms with E-state index in [4.69, 9.17) is 26.8 Å². The molecular weight excluding hydrogens is 278 g/mol. The van der Waals surface area contributed by atoms with Gasteiger partial charge in [-0.25, -0.2) is 0 Å². The fourth-order valence-electron chi connectivity index (χ4n) is 1.56. The molecular formula is C14H16ClN3O2. The second-order valence-corrected chi connectivity index (χ2v) is 4.98. The summed E-state index contributed by atoms with van der Waals surface area (Å²) in [6.07, 6.45) is 1.32. The number of aromatic nitrogens is 2. The average molecular weight is 294 g/mol. The van der Waals surface area contributed by atoms with E-state index < -0.39 is 0 Å². The Morgan fingerprint density at radius 3 is 2.55 bits per heavy atom. The van der Waals surface area contributed by atoms with E-state index in [0.717, 1.165) is 5.56 Å². The molecule has 0 bridgehead atoms. The van der Waals surface area contributed by atoms with Crippen LogP contribution >= 0.6 is 11.6 Å². The van der Waals surface area contributed by atoms with Crippen LogP contribution in [0.4, 0.5) is 5.69 Å². The van der Waals surface area contributed by atoms with Crippen molar-refractivity contribution in [2.75, 3.05) is 5.73 Å². The Bertz CT molecular complexity index is 617. The zero-order chi connectivity index (χ0) is 14.7. The molecule has 0 amide bonds. The van der Waals surface area contributed by atoms with Gasteiger partial charge in [-0.05, 0) is 44.5 Å². The van der Waals surface area contributed by atoms with Gasteiger partial charge in [0.25, 0.3) is 0 Å². The van der Waals surface area contributed by atoms with Gasteiger partial charge in [0.15, 0.2) is 5.69 Å². The Morgan fingerprint density at radius 2 is 1.90 bits per heavy atom. The molecule has 20 heavy (non-hydrogen) atoms. The minimum Gasteiger partial charge on any atom is -0.473 e. The van der Waals surface area contributed by atoms with Gasteiger partial charge in [-0.1, -0.05) is 11.6 Å². The van der Waals surface area contributed by atoms with Crippen molar-refractivity contribution in [3.63, 3.8) is 0 Å². The first-order valence-corrected chi connectivity index (χ1v) is 6.56. The lowest BCUT2D eigenvalue weighted by Crippen LogP contribution is -2.10. The zero-order valence-corrected chi connectivity index (χ0v) is 12.3. The molecule has 5 nitrogen and oxygen atoms in total. The second-order valence-electron chi connectivity index (χ2n) is 4.58. The average Bonchev–Trinajstić information content (AvgIpc) is 2.38. The molecule has 6 heteroatoms. The summed E-state index contributed by atoms with van der Waals surface area (Å²) in [5.41, 5.74) is 7.13. The van der Waals surface area contributed by atoms with Gasteiger partial charge in [0, 0.05) is 5.02 Å². The summed E-state index contributed by atoms with van der Waals surface area (Å²) < 4.78 is 11.1. The molecule has 0 aliphatic carbocycles. The SMILES string of the molecule is Cc1cc(Oc2ncnc(OC(C)C)c2N)ccc1Cl. The number of anilines is 1. The minimum atomic E-state index is -0.0298. The van der Waals surface area contributed by atoms with E-state index in [-0.39, 0.29) is 17.7 Å². The maximum Gasteiger partial charge on any atom is 0.249 e. The van der Waals surface area contributed by atoms with Crippen molar-refractivity contribution in [3.8, 4) is 17.5 Å². The van der Waals surface area contributed by atoms with Crippen LogP contribution in [0.3, 0.4) is 0 Å². The lowest BCUT2D eigenvalue weighted by Gasteiger charge is -2.13. The van der Waals surface area contributed by atoms with Crippen molar-refractivity contribution >= 4 is 17.3 Å². The number of halogens is 1. The molecule has 106 valence electrons. The molecule has 0 saturated carbocycles. The van der Waals surface area contributed by atoms with Crippen molar-refractivity contribution in [3.05, 3.63) is 35.1 Å². The van der Waals surface area contributed by atoms with Crippen LogP contribution in [0, 0.1) is 6.92 Å². The first kappa shape index (κ1) is 14.4. The van der Waals surface area contributed by atoms with Crippen LogP contribution in [-0.2, 0) is 0 Å². The molecule has 2 rings (SSSR count). The van der Waals surface area contributed by atoms with Crippen molar-refractivity contribution in [2.24, 2.45) is 0 Å². The fourth-order valence-corrected chi connectivity index (χ4v) is 1.67. The molecule has 0 aliphatic heterocycles. The normalized spacial score (nSPS) is 10.7. The standard InChI is InChI=1S/C14H16ClN3O2/c1-8(2)19-13-12(16)14(18-7-17-13)20-10-4-5-11(15)9(3)6-10/h4-8H,16H2,1-3H3. The third-order valence-corrected chi connectivity index (χ3v) is 2.93. The first-order valence-electron chi connectivity index (χ1n) is 6.18. The molecule has 2 N–H and O–H groups in total. The maximum absolute atomic E-state index is 5.97. The molecule has 0 fully saturated rings. The van der Waals surface area contributed by atoms with Crippen LogP contribution in [0.1, 0.15) is 19.4 Å². The van der Waals surface area contributed by atoms with Crippen molar-refractivity contribution in [1.29, 1.82) is 0 Å². The highest BCUT2D eigenvalue weighted by molar-refractivity contribution is 6.31. The highest BCUT2D eigenvalue weighted by atomic mass is 35.5. The smallest absolute Gasteiger partial charge is 0.249 e. The number of ether oxygens (including phenoxy) is 2. The Hall–Kier alpha value is -2.01. The third kappa shape index (κ3) is 3.30. The van der Waals surface area contributed by atoms with Crippen LogP contribution in [-0.4, -0.2) is 16.1 Å². The van der Waals surface area contributed by atoms with E-state index in [2.05, 4.69) is 9.97 Å². The van der Waals surface area contributed by atoms with Gasteiger partial charge in [-0.3, -0.25) is 0 Å². The molecule has 0 unspecified atom stereocenters. The third-order valence-electron chi connectivity index (χ3n) is 2.50. The van der Waals surface area contributed by atoms with Crippen LogP contribution in [0.25, 0.3) is 0 Å². The molecule has 0 saturated heterocycles. The fraction of sp³-hybridized carbons (Fsp3) is 0.286. The number of rotatable bonds is 4. The second kappa shape index (κ2) is 5.96. The Morgan fingerprint density at radius 1 is 1.20 bits per heavy atom. The van der Waals surface area contributed by atoms with Crippen LogP contribution in [0.2, 0.25) is 5.02 Å². The van der Waals surface area contributed by atoms with E-state index >= 15 is 0 Å². The molecule has 0 aliphatic rings. The van der Waals surface area contributed by atoms with Crippen molar-refractivity contribution < 1.29 is 9.47 Å². The predicted octanol–water partition coefficient (Wildman–Crippen LogP) is 3.60. The topological polar surface area (TPSA) is 70.3 Å². The summed E-state index contributed by atoms with van der Waals surface area (Å²) in [5, 5.41) is 0.678. The molecule has 0 atom stereocenters. The Kier molecular flexibility index (Phi) is 4.29. The van der Waals surface area contributed by atoms with Crippen LogP contribution in [0.5, 0.6) is 17.5 Å². The number of nitrogen functional groups attached to an aromatic ring is 1. The van der Waals surface area contributed by atoms with Gasteiger partial charge in [0.05, 0.1) is 6.10 Å². The number of hydrogen-bond acceptors (Lipinski definition) is 5. The van der Waals surface area contributed by atoms with E-state index in [1.165, 1.54) is 6.33 Å². The predicted molar refractivity (Wildman–Crippen MR) is 78.5 cm³/mol. The van der Waals surface area contributed by atoms with E-state index in [1.807, 2.05) is 26.8 Å². The molecule has 2 aromatic rings. The lowest BCUT2D eigenvalue weighted by atomic mass is 10.2. The number of benzene rings is 1. The Labute approximate surface area is 122 Å². The summed E-state index contributed by atoms with van der Waals surface area (Å²) in [5.74, 6) is 1.18. The Balaban J connectivity index is 2.27. The monoisotopic (exact) mass is 293 g/mol. The lowest BCUT2D eigenvalue weighted by molar-refractivity contribution is 0.233. The van der Waals surface area contributed by atoms with E-state index in [9.17, 15) is 0 Å². The summed E-state index contributed by atoms with van der Waals surface area (Å²) in [6, 6.07) is 5.32. The van der Waals surface area contributed by atoms with Gasteiger partial charge in [-0.2, -0.15) is 9.97 Å². The van der Waals surface area contributed by atoms with Gasteiger partial charge >= 0.3 is 0 Å². The molecule has 1 aromatic heterocycles. The number of nitrogens with zero attached hydrogens (tertiary/aromatic N) is 2. The van der Waals surface area contributed by atoms with Gasteiger partial charge in [0.2, 0.25) is 11.8 Å². The first-order chi connectivity index (χ1) is 9.47. The quantitative estimate of drug-likeness (QED) is 0.932. The summed E-state index contributed by atoms with van der Waals surface area (Å²) in [7, 11) is 0. The molecule has 0 spiro atoms. The number of nitrogens with two attached hydrogens (primary N) is 1. The van der Waals surface area contributed by atoms with Gasteiger partial charge in [-0.15, -0.1) is 0 Å². The maximum atomic E-state index is 5.97. The van der Waals surface area contributed by atoms with Crippen LogP contribution < -0.4 is 15.2 Å². The number of aryl methyl sites for hydroxylation is 1. The van der Waals surface area contributed by atoms with Crippen molar-refractivity contribution in [2.45, 2.75) is 26.9 Å². The zero-order valence-electron chi connectivity index (χ0n) is 11.6. The van der Waals surface area contributed by atoms with Crippen LogP contribution in [0.15, 0.2) is 24.5 Å². The van der Waals surface area contributed by atoms with Gasteiger partial charge in [0.1, 0.15) is 12.1 Å². The largest absolute Gasteiger partial charge is 0.473 e. The summed E-state index contributed by atoms with van der Waals surface area (Å²) >= 11 is 5.97. The van der Waals surface area contributed by atoms with E-state index in [0.29, 0.717) is 16.7 Å². The van der Waals surface area contributed by atoms with Crippen molar-refractivity contribution in [1.82, 2.24) is 9.97 Å². The minimum absolute atomic E-state index is 0.0298. The molecule has 1 heterocycles. The highest BCUT2D eigenvalue weighted by Crippen LogP contribution is 2.32.